The zero-order chi connectivity index (χ0) is 19.9. The number of anilines is 1. The summed E-state index contributed by atoms with van der Waals surface area (Å²) in [6, 6.07) is 16.7. The van der Waals surface area contributed by atoms with Crippen LogP contribution in [0.3, 0.4) is 0 Å². The maximum Gasteiger partial charge on any atom is 0.173 e. The van der Waals surface area contributed by atoms with Crippen molar-refractivity contribution in [3.63, 3.8) is 0 Å². The van der Waals surface area contributed by atoms with Crippen LogP contribution in [-0.4, -0.2) is 45.4 Å². The molecule has 4 rings (SSSR count). The van der Waals surface area contributed by atoms with Crippen molar-refractivity contribution in [2.75, 3.05) is 32.1 Å². The summed E-state index contributed by atoms with van der Waals surface area (Å²) in [6.45, 7) is 3.55. The van der Waals surface area contributed by atoms with Gasteiger partial charge in [-0.15, -0.1) is 0 Å². The van der Waals surface area contributed by atoms with Crippen LogP contribution < -0.4 is 20.7 Å². The third-order valence-electron chi connectivity index (χ3n) is 5.47. The van der Waals surface area contributed by atoms with Crippen LogP contribution in [0.2, 0.25) is 0 Å². The van der Waals surface area contributed by atoms with Gasteiger partial charge in [0.15, 0.2) is 6.29 Å². The highest BCUT2D eigenvalue weighted by molar-refractivity contribution is 5.69. The monoisotopic (exact) mass is 394 g/mol. The van der Waals surface area contributed by atoms with E-state index in [9.17, 15) is 0 Å². The molecule has 0 spiro atoms. The van der Waals surface area contributed by atoms with Crippen LogP contribution in [0.1, 0.15) is 29.9 Å². The number of ether oxygens (including phenoxy) is 2. The van der Waals surface area contributed by atoms with Crippen molar-refractivity contribution < 1.29 is 9.47 Å². The lowest BCUT2D eigenvalue weighted by Gasteiger charge is -2.25. The Balaban J connectivity index is 1.24. The second-order valence-corrected chi connectivity index (χ2v) is 7.60. The van der Waals surface area contributed by atoms with E-state index in [0.717, 1.165) is 37.7 Å². The van der Waals surface area contributed by atoms with Gasteiger partial charge in [0.1, 0.15) is 5.75 Å². The number of rotatable bonds is 8. The summed E-state index contributed by atoms with van der Waals surface area (Å²) in [7, 11) is 1.68. The minimum Gasteiger partial charge on any atom is -0.497 e. The van der Waals surface area contributed by atoms with E-state index in [-0.39, 0.29) is 12.2 Å². The molecule has 2 aromatic carbocycles. The minimum absolute atomic E-state index is 0.104. The fourth-order valence-corrected chi connectivity index (χ4v) is 3.74. The lowest BCUT2D eigenvalue weighted by molar-refractivity contribution is 0.110. The van der Waals surface area contributed by atoms with E-state index >= 15 is 0 Å². The third kappa shape index (κ3) is 5.56. The highest BCUT2D eigenvalue weighted by atomic mass is 16.5. The average Bonchev–Trinajstić information content (AvgIpc) is 3.29. The zero-order valence-corrected chi connectivity index (χ0v) is 16.9. The second-order valence-electron chi connectivity index (χ2n) is 7.60. The number of aliphatic imine (C=N–C) groups is 1. The lowest BCUT2D eigenvalue weighted by Crippen LogP contribution is -2.41. The Kier molecular flexibility index (Phi) is 6.77. The van der Waals surface area contributed by atoms with Gasteiger partial charge in [-0.2, -0.15) is 0 Å². The molecule has 1 fully saturated rings. The van der Waals surface area contributed by atoms with Gasteiger partial charge < -0.3 is 20.1 Å². The van der Waals surface area contributed by atoms with E-state index in [1.807, 2.05) is 18.3 Å². The van der Waals surface area contributed by atoms with Crippen molar-refractivity contribution in [1.82, 2.24) is 10.6 Å². The smallest absolute Gasteiger partial charge is 0.173 e. The zero-order valence-electron chi connectivity index (χ0n) is 16.9. The number of hydrogen-bond acceptors (Lipinski definition) is 6. The molecule has 2 aliphatic rings. The second kappa shape index (κ2) is 9.87. The predicted octanol–water partition coefficient (Wildman–Crippen LogP) is 3.12. The molecular formula is C23H30N4O2. The SMILES string of the molecule is COc1ccc(C2C=NC(Nc3ccc(CNCC4CCCO4)cc3)NC2)cc1. The fourth-order valence-electron chi connectivity index (χ4n) is 3.74. The van der Waals surface area contributed by atoms with Crippen LogP contribution in [0.4, 0.5) is 5.69 Å². The van der Waals surface area contributed by atoms with Gasteiger partial charge >= 0.3 is 0 Å². The van der Waals surface area contributed by atoms with E-state index < -0.39 is 0 Å². The van der Waals surface area contributed by atoms with Crippen molar-refractivity contribution in [1.29, 1.82) is 0 Å². The molecule has 0 amide bonds. The Morgan fingerprint density at radius 3 is 2.62 bits per heavy atom. The summed E-state index contributed by atoms with van der Waals surface area (Å²) in [5.41, 5.74) is 3.57. The number of nitrogens with one attached hydrogen (secondary N) is 3. The molecule has 2 aliphatic heterocycles. The van der Waals surface area contributed by atoms with Crippen LogP contribution in [-0.2, 0) is 11.3 Å². The summed E-state index contributed by atoms with van der Waals surface area (Å²) in [5.74, 6) is 1.15. The van der Waals surface area contributed by atoms with Gasteiger partial charge in [-0.1, -0.05) is 24.3 Å². The highest BCUT2D eigenvalue weighted by Gasteiger charge is 2.17. The Morgan fingerprint density at radius 1 is 1.14 bits per heavy atom. The van der Waals surface area contributed by atoms with Crippen molar-refractivity contribution in [3.8, 4) is 5.75 Å². The topological polar surface area (TPSA) is 66.9 Å². The van der Waals surface area contributed by atoms with Crippen LogP contribution >= 0.6 is 0 Å². The van der Waals surface area contributed by atoms with Gasteiger partial charge in [-0.3, -0.25) is 10.3 Å². The molecule has 0 aliphatic carbocycles. The normalized spacial score (nSPS) is 23.8. The highest BCUT2D eigenvalue weighted by Crippen LogP contribution is 2.20. The Hall–Kier alpha value is -2.41. The molecule has 0 aromatic heterocycles. The van der Waals surface area contributed by atoms with Crippen LogP contribution in [0, 0.1) is 0 Å². The fraction of sp³-hybridized carbons (Fsp3) is 0.435. The Morgan fingerprint density at radius 2 is 1.97 bits per heavy atom. The van der Waals surface area contributed by atoms with E-state index in [0.29, 0.717) is 6.10 Å². The van der Waals surface area contributed by atoms with Crippen LogP contribution in [0.25, 0.3) is 0 Å². The molecule has 6 heteroatoms. The number of nitrogens with zero attached hydrogens (tertiary/aromatic N) is 1. The first-order chi connectivity index (χ1) is 14.3. The maximum atomic E-state index is 5.64. The molecular weight excluding hydrogens is 364 g/mol. The first-order valence-electron chi connectivity index (χ1n) is 10.4. The van der Waals surface area contributed by atoms with Gasteiger partial charge in [0.2, 0.25) is 0 Å². The molecule has 1 saturated heterocycles. The summed E-state index contributed by atoms with van der Waals surface area (Å²) in [6.07, 6.45) is 4.66. The third-order valence-corrected chi connectivity index (χ3v) is 5.47. The molecule has 3 atom stereocenters. The van der Waals surface area contributed by atoms with E-state index in [1.165, 1.54) is 24.0 Å². The molecule has 0 saturated carbocycles. The molecule has 6 nitrogen and oxygen atoms in total. The number of methoxy groups -OCH3 is 1. The Labute approximate surface area is 172 Å². The lowest BCUT2D eigenvalue weighted by atomic mass is 9.99. The number of benzene rings is 2. The van der Waals surface area contributed by atoms with Crippen molar-refractivity contribution in [2.45, 2.75) is 37.7 Å². The van der Waals surface area contributed by atoms with Gasteiger partial charge in [0.25, 0.3) is 0 Å². The molecule has 29 heavy (non-hydrogen) atoms. The summed E-state index contributed by atoms with van der Waals surface area (Å²) < 4.78 is 10.9. The van der Waals surface area contributed by atoms with Crippen molar-refractivity contribution >= 4 is 11.9 Å². The molecule has 3 N–H and O–H groups in total. The molecule has 0 radical (unpaired) electrons. The van der Waals surface area contributed by atoms with Gasteiger partial charge in [0.05, 0.1) is 13.2 Å². The first kappa shape index (κ1) is 19.9. The first-order valence-corrected chi connectivity index (χ1v) is 10.4. The van der Waals surface area contributed by atoms with Crippen LogP contribution in [0.15, 0.2) is 53.5 Å². The molecule has 0 bridgehead atoms. The quantitative estimate of drug-likeness (QED) is 0.642. The standard InChI is InChI=1S/C23H30N4O2/c1-28-21-10-6-18(7-11-21)19-14-25-23(26-15-19)27-20-8-4-17(5-9-20)13-24-16-22-3-2-12-29-22/h4-11,14,19,22-24,26-27H,2-3,12-13,15-16H2,1H3. The van der Waals surface area contributed by atoms with E-state index in [1.54, 1.807) is 7.11 Å². The van der Waals surface area contributed by atoms with E-state index in [4.69, 9.17) is 9.47 Å². The van der Waals surface area contributed by atoms with Gasteiger partial charge in [-0.05, 0) is 48.2 Å². The maximum absolute atomic E-state index is 5.64. The van der Waals surface area contributed by atoms with Crippen molar-refractivity contribution in [3.05, 3.63) is 59.7 Å². The van der Waals surface area contributed by atoms with Crippen LogP contribution in [0.5, 0.6) is 5.75 Å². The molecule has 3 unspecified atom stereocenters. The summed E-state index contributed by atoms with van der Waals surface area (Å²) >= 11 is 0. The molecule has 154 valence electrons. The summed E-state index contributed by atoms with van der Waals surface area (Å²) in [4.78, 5) is 4.64. The average molecular weight is 395 g/mol. The largest absolute Gasteiger partial charge is 0.497 e. The minimum atomic E-state index is -0.104. The van der Waals surface area contributed by atoms with E-state index in [2.05, 4.69) is 57.3 Å². The predicted molar refractivity (Wildman–Crippen MR) is 117 cm³/mol. The molecule has 2 heterocycles. The summed E-state index contributed by atoms with van der Waals surface area (Å²) in [5, 5.41) is 10.4. The van der Waals surface area contributed by atoms with Gasteiger partial charge in [-0.25, -0.2) is 0 Å². The van der Waals surface area contributed by atoms with Gasteiger partial charge in [0, 0.05) is 44.1 Å². The van der Waals surface area contributed by atoms with Crippen molar-refractivity contribution in [2.24, 2.45) is 4.99 Å². The number of hydrogen-bond donors (Lipinski definition) is 3. The Bertz CT molecular complexity index is 786. The molecule has 2 aromatic rings.